The summed E-state index contributed by atoms with van der Waals surface area (Å²) in [6, 6.07) is 9.47. The van der Waals surface area contributed by atoms with Gasteiger partial charge in [-0.2, -0.15) is 16.1 Å². The van der Waals surface area contributed by atoms with E-state index < -0.39 is 34.4 Å². The Hall–Kier alpha value is -2.21. The van der Waals surface area contributed by atoms with E-state index in [1.54, 1.807) is 30.0 Å². The van der Waals surface area contributed by atoms with Crippen LogP contribution < -0.4 is 5.32 Å². The summed E-state index contributed by atoms with van der Waals surface area (Å²) >= 11 is 2.60. The number of imide groups is 1. The van der Waals surface area contributed by atoms with Gasteiger partial charge in [0.25, 0.3) is 11.8 Å². The molecule has 1 fully saturated rings. The summed E-state index contributed by atoms with van der Waals surface area (Å²) in [5, 5.41) is 3.60. The van der Waals surface area contributed by atoms with E-state index in [0.29, 0.717) is 30.2 Å². The summed E-state index contributed by atoms with van der Waals surface area (Å²) in [7, 11) is -3.81. The minimum atomic E-state index is -3.81. The summed E-state index contributed by atoms with van der Waals surface area (Å²) in [5.74, 6) is -0.958. The number of benzene rings is 1. The third kappa shape index (κ3) is 5.24. The van der Waals surface area contributed by atoms with E-state index in [4.69, 9.17) is 4.74 Å². The van der Waals surface area contributed by atoms with E-state index in [-0.39, 0.29) is 9.77 Å². The zero-order valence-electron chi connectivity index (χ0n) is 15.2. The predicted octanol–water partition coefficient (Wildman–Crippen LogP) is 1.60. The summed E-state index contributed by atoms with van der Waals surface area (Å²) in [4.78, 5) is 36.0. The van der Waals surface area contributed by atoms with Crippen LogP contribution in [0.15, 0.2) is 46.7 Å². The summed E-state index contributed by atoms with van der Waals surface area (Å²) in [6.45, 7) is 0.0534. The number of carbonyl (C=O) groups is 3. The van der Waals surface area contributed by atoms with E-state index in [2.05, 4.69) is 5.32 Å². The third-order valence-corrected chi connectivity index (χ3v) is 7.93. The number of thiophene rings is 1. The molecule has 0 aliphatic carbocycles. The van der Waals surface area contributed by atoms with Crippen LogP contribution in [0.5, 0.6) is 0 Å². The molecule has 29 heavy (non-hydrogen) atoms. The highest BCUT2D eigenvalue weighted by atomic mass is 32.2. The lowest BCUT2D eigenvalue weighted by molar-refractivity contribution is -0.123. The van der Waals surface area contributed by atoms with E-state index >= 15 is 0 Å². The first-order chi connectivity index (χ1) is 13.9. The lowest BCUT2D eigenvalue weighted by Gasteiger charge is -2.25. The number of nitrogens with zero attached hydrogens (tertiary/aromatic N) is 1. The van der Waals surface area contributed by atoms with Gasteiger partial charge in [0.1, 0.15) is 9.77 Å². The summed E-state index contributed by atoms with van der Waals surface area (Å²) < 4.78 is 31.9. The van der Waals surface area contributed by atoms with E-state index in [1.807, 2.05) is 0 Å². The average Bonchev–Trinajstić information content (AvgIpc) is 3.24. The maximum Gasteiger partial charge on any atom is 0.350 e. The molecule has 0 radical (unpaired) electrons. The van der Waals surface area contributed by atoms with Gasteiger partial charge in [-0.25, -0.2) is 13.2 Å². The van der Waals surface area contributed by atoms with Crippen molar-refractivity contribution < 1.29 is 27.5 Å². The molecule has 2 heterocycles. The molecule has 1 aromatic carbocycles. The van der Waals surface area contributed by atoms with Gasteiger partial charge in [-0.05, 0) is 23.6 Å². The Kier molecular flexibility index (Phi) is 7.06. The molecule has 1 N–H and O–H groups in total. The van der Waals surface area contributed by atoms with Gasteiger partial charge < -0.3 is 4.74 Å². The number of thioether (sulfide) groups is 1. The Morgan fingerprint density at radius 3 is 2.45 bits per heavy atom. The van der Waals surface area contributed by atoms with Gasteiger partial charge in [-0.15, -0.1) is 11.3 Å². The molecule has 8 nitrogen and oxygen atoms in total. The number of hydrogen-bond donors (Lipinski definition) is 1. The van der Waals surface area contributed by atoms with Crippen molar-refractivity contribution in [3.05, 3.63) is 52.2 Å². The fourth-order valence-electron chi connectivity index (χ4n) is 2.60. The molecule has 11 heteroatoms. The maximum absolute atomic E-state index is 12.8. The smallest absolute Gasteiger partial charge is 0.350 e. The molecule has 3 rings (SSSR count). The lowest BCUT2D eigenvalue weighted by Crippen LogP contribution is -2.38. The van der Waals surface area contributed by atoms with Gasteiger partial charge in [-0.1, -0.05) is 18.2 Å². The van der Waals surface area contributed by atoms with Gasteiger partial charge >= 0.3 is 5.97 Å². The highest BCUT2D eigenvalue weighted by Crippen LogP contribution is 2.27. The largest absolute Gasteiger partial charge is 0.451 e. The highest BCUT2D eigenvalue weighted by molar-refractivity contribution is 7.99. The molecule has 1 aliphatic heterocycles. The molecular weight excluding hydrogens is 436 g/mol. The van der Waals surface area contributed by atoms with Crippen LogP contribution >= 0.6 is 23.1 Å². The van der Waals surface area contributed by atoms with Crippen LogP contribution in [0, 0.1) is 0 Å². The highest BCUT2D eigenvalue weighted by Gasteiger charge is 2.31. The zero-order valence-corrected chi connectivity index (χ0v) is 17.6. The Labute approximate surface area is 176 Å². The second-order valence-electron chi connectivity index (χ2n) is 5.95. The molecule has 0 atom stereocenters. The van der Waals surface area contributed by atoms with Crippen LogP contribution in [-0.4, -0.2) is 61.7 Å². The SMILES string of the molecule is O=C(COC(=O)c1sccc1S(=O)(=O)N1CCSCC1)NC(=O)c1ccccc1. The number of rotatable bonds is 6. The van der Waals surface area contributed by atoms with Crippen LogP contribution in [0.25, 0.3) is 0 Å². The molecule has 2 amide bonds. The van der Waals surface area contributed by atoms with Gasteiger partial charge in [0.05, 0.1) is 0 Å². The standard InChI is InChI=1S/C18H18N2O6S3/c21-15(19-17(22)13-4-2-1-3-5-13)12-26-18(23)16-14(6-9-28-16)29(24,25)20-7-10-27-11-8-20/h1-6,9H,7-8,10-12H2,(H,19,21,22). The fourth-order valence-corrected chi connectivity index (χ4v) is 6.46. The number of carbonyl (C=O) groups excluding carboxylic acids is 3. The van der Waals surface area contributed by atoms with E-state index in [0.717, 1.165) is 11.3 Å². The van der Waals surface area contributed by atoms with Crippen molar-refractivity contribution in [1.82, 2.24) is 9.62 Å². The van der Waals surface area contributed by atoms with E-state index in [1.165, 1.54) is 27.9 Å². The Morgan fingerprint density at radius 1 is 1.07 bits per heavy atom. The molecule has 0 bridgehead atoms. The first-order valence-corrected chi connectivity index (χ1v) is 12.1. The second-order valence-corrected chi connectivity index (χ2v) is 10.00. The minimum Gasteiger partial charge on any atom is -0.451 e. The fraction of sp³-hybridized carbons (Fsp3) is 0.278. The van der Waals surface area contributed by atoms with Gasteiger partial charge in [-0.3, -0.25) is 14.9 Å². The van der Waals surface area contributed by atoms with Crippen LogP contribution in [-0.2, 0) is 19.6 Å². The number of hydrogen-bond acceptors (Lipinski definition) is 8. The molecule has 154 valence electrons. The van der Waals surface area contributed by atoms with Crippen molar-refractivity contribution in [2.24, 2.45) is 0 Å². The Balaban J connectivity index is 1.61. The topological polar surface area (TPSA) is 110 Å². The van der Waals surface area contributed by atoms with Crippen molar-refractivity contribution in [2.75, 3.05) is 31.2 Å². The van der Waals surface area contributed by atoms with Crippen LogP contribution in [0.3, 0.4) is 0 Å². The normalized spacial score (nSPS) is 14.9. The minimum absolute atomic E-state index is 0.0922. The monoisotopic (exact) mass is 454 g/mol. The maximum atomic E-state index is 12.8. The molecule has 2 aromatic rings. The number of nitrogens with one attached hydrogen (secondary N) is 1. The predicted molar refractivity (Wildman–Crippen MR) is 110 cm³/mol. The average molecular weight is 455 g/mol. The van der Waals surface area contributed by atoms with Crippen molar-refractivity contribution >= 4 is 50.9 Å². The van der Waals surface area contributed by atoms with Crippen LogP contribution in [0.4, 0.5) is 0 Å². The van der Waals surface area contributed by atoms with Gasteiger partial charge in [0.2, 0.25) is 10.0 Å². The molecule has 1 saturated heterocycles. The number of sulfonamides is 1. The third-order valence-electron chi connectivity index (χ3n) is 4.03. The zero-order chi connectivity index (χ0) is 20.9. The van der Waals surface area contributed by atoms with Crippen molar-refractivity contribution in [3.63, 3.8) is 0 Å². The molecule has 1 aliphatic rings. The number of ether oxygens (including phenoxy) is 1. The first kappa shape index (κ1) is 21.5. The van der Waals surface area contributed by atoms with Crippen LogP contribution in [0.2, 0.25) is 0 Å². The summed E-state index contributed by atoms with van der Waals surface area (Å²) in [6.07, 6.45) is 0. The first-order valence-electron chi connectivity index (χ1n) is 8.61. The van der Waals surface area contributed by atoms with E-state index in [9.17, 15) is 22.8 Å². The van der Waals surface area contributed by atoms with Crippen LogP contribution in [0.1, 0.15) is 20.0 Å². The number of amides is 2. The second kappa shape index (κ2) is 9.53. The molecule has 0 spiro atoms. The molecule has 1 aromatic heterocycles. The number of esters is 1. The molecular formula is C18H18N2O6S3. The van der Waals surface area contributed by atoms with Gasteiger partial charge in [0.15, 0.2) is 6.61 Å². The Morgan fingerprint density at radius 2 is 1.76 bits per heavy atom. The molecule has 0 saturated carbocycles. The van der Waals surface area contributed by atoms with Crippen molar-refractivity contribution in [3.8, 4) is 0 Å². The quantitative estimate of drug-likeness (QED) is 0.660. The van der Waals surface area contributed by atoms with Gasteiger partial charge in [0, 0.05) is 30.2 Å². The summed E-state index contributed by atoms with van der Waals surface area (Å²) in [5.41, 5.74) is 0.290. The lowest BCUT2D eigenvalue weighted by atomic mass is 10.2. The van der Waals surface area contributed by atoms with Crippen molar-refractivity contribution in [2.45, 2.75) is 4.90 Å². The Bertz CT molecular complexity index is 998. The molecule has 0 unspecified atom stereocenters. The van der Waals surface area contributed by atoms with Crippen molar-refractivity contribution in [1.29, 1.82) is 0 Å².